The Bertz CT molecular complexity index is 214. The summed E-state index contributed by atoms with van der Waals surface area (Å²) in [6.07, 6.45) is 14.0. The van der Waals surface area contributed by atoms with Gasteiger partial charge in [0.2, 0.25) is 0 Å². The Morgan fingerprint density at radius 3 is 2.11 bits per heavy atom. The van der Waals surface area contributed by atoms with Gasteiger partial charge in [-0.3, -0.25) is 4.99 Å². The number of unbranched alkanes of at least 4 members (excludes halogenated alkanes) is 9. The highest BCUT2D eigenvalue weighted by Gasteiger charge is 2.02. The van der Waals surface area contributed by atoms with Crippen molar-refractivity contribution in [3.05, 3.63) is 0 Å². The van der Waals surface area contributed by atoms with Crippen molar-refractivity contribution in [1.82, 2.24) is 10.6 Å². The SMILES string of the molecule is CCCCCCCCCCCCNC1=NCCN1. The van der Waals surface area contributed by atoms with Crippen molar-refractivity contribution in [1.29, 1.82) is 0 Å². The Morgan fingerprint density at radius 1 is 0.944 bits per heavy atom. The quantitative estimate of drug-likeness (QED) is 0.553. The van der Waals surface area contributed by atoms with Gasteiger partial charge >= 0.3 is 0 Å². The molecule has 0 amide bonds. The van der Waals surface area contributed by atoms with Crippen LogP contribution in [0.3, 0.4) is 0 Å². The van der Waals surface area contributed by atoms with E-state index in [1.807, 2.05) is 0 Å². The van der Waals surface area contributed by atoms with E-state index in [9.17, 15) is 0 Å². The minimum absolute atomic E-state index is 0.931. The average molecular weight is 253 g/mol. The minimum atomic E-state index is 0.931. The van der Waals surface area contributed by atoms with Crippen LogP contribution in [-0.4, -0.2) is 25.6 Å². The third kappa shape index (κ3) is 8.37. The Kier molecular flexibility index (Phi) is 9.68. The van der Waals surface area contributed by atoms with Gasteiger partial charge in [0.25, 0.3) is 0 Å². The number of aliphatic imine (C=N–C) groups is 1. The number of hydrogen-bond acceptors (Lipinski definition) is 3. The van der Waals surface area contributed by atoms with Crippen LogP contribution in [-0.2, 0) is 0 Å². The maximum Gasteiger partial charge on any atom is 0.191 e. The predicted octanol–water partition coefficient (Wildman–Crippen LogP) is 3.46. The van der Waals surface area contributed by atoms with Crippen LogP contribution in [0.2, 0.25) is 0 Å². The van der Waals surface area contributed by atoms with Crippen LogP contribution in [0.1, 0.15) is 71.1 Å². The number of nitrogens with zero attached hydrogens (tertiary/aromatic N) is 1. The summed E-state index contributed by atoms with van der Waals surface area (Å²) in [4.78, 5) is 4.31. The highest BCUT2D eigenvalue weighted by atomic mass is 15.2. The van der Waals surface area contributed by atoms with Crippen molar-refractivity contribution in [2.75, 3.05) is 19.6 Å². The fraction of sp³-hybridized carbons (Fsp3) is 0.933. The summed E-state index contributed by atoms with van der Waals surface area (Å²) in [5.74, 6) is 1.01. The second-order valence-corrected chi connectivity index (χ2v) is 5.27. The van der Waals surface area contributed by atoms with Gasteiger partial charge in [-0.25, -0.2) is 0 Å². The zero-order valence-electron chi connectivity index (χ0n) is 12.1. The monoisotopic (exact) mass is 253 g/mol. The molecule has 0 aromatic heterocycles. The molecular weight excluding hydrogens is 222 g/mol. The van der Waals surface area contributed by atoms with Crippen molar-refractivity contribution in [2.45, 2.75) is 71.1 Å². The first-order chi connectivity index (χ1) is 8.93. The summed E-state index contributed by atoms with van der Waals surface area (Å²) >= 11 is 0. The summed E-state index contributed by atoms with van der Waals surface area (Å²) < 4.78 is 0. The first-order valence-corrected chi connectivity index (χ1v) is 7.95. The molecule has 18 heavy (non-hydrogen) atoms. The third-order valence-electron chi connectivity index (χ3n) is 3.50. The first-order valence-electron chi connectivity index (χ1n) is 7.95. The summed E-state index contributed by atoms with van der Waals surface area (Å²) in [5, 5.41) is 6.58. The maximum atomic E-state index is 4.31. The van der Waals surface area contributed by atoms with E-state index in [1.165, 1.54) is 64.2 Å². The van der Waals surface area contributed by atoms with Gasteiger partial charge < -0.3 is 10.6 Å². The highest BCUT2D eigenvalue weighted by molar-refractivity contribution is 5.81. The number of rotatable bonds is 11. The van der Waals surface area contributed by atoms with E-state index < -0.39 is 0 Å². The molecule has 1 rings (SSSR count). The average Bonchev–Trinajstić information content (AvgIpc) is 2.89. The molecule has 0 aromatic carbocycles. The molecule has 0 saturated heterocycles. The van der Waals surface area contributed by atoms with Gasteiger partial charge in [0, 0.05) is 13.1 Å². The number of hydrogen-bond donors (Lipinski definition) is 2. The maximum absolute atomic E-state index is 4.31. The summed E-state index contributed by atoms with van der Waals surface area (Å²) in [6, 6.07) is 0. The molecule has 0 aliphatic carbocycles. The Morgan fingerprint density at radius 2 is 1.56 bits per heavy atom. The van der Waals surface area contributed by atoms with Gasteiger partial charge in [-0.15, -0.1) is 0 Å². The van der Waals surface area contributed by atoms with Crippen LogP contribution in [0.4, 0.5) is 0 Å². The van der Waals surface area contributed by atoms with Crippen LogP contribution in [0.5, 0.6) is 0 Å². The molecule has 1 aliphatic heterocycles. The molecule has 1 heterocycles. The van der Waals surface area contributed by atoms with E-state index in [1.54, 1.807) is 0 Å². The van der Waals surface area contributed by atoms with Crippen LogP contribution >= 0.6 is 0 Å². The van der Waals surface area contributed by atoms with Crippen molar-refractivity contribution in [3.63, 3.8) is 0 Å². The van der Waals surface area contributed by atoms with E-state index >= 15 is 0 Å². The van der Waals surface area contributed by atoms with Crippen LogP contribution in [0, 0.1) is 0 Å². The Hall–Kier alpha value is -0.730. The molecule has 3 nitrogen and oxygen atoms in total. The summed E-state index contributed by atoms with van der Waals surface area (Å²) in [5.41, 5.74) is 0. The zero-order valence-corrected chi connectivity index (χ0v) is 12.1. The predicted molar refractivity (Wildman–Crippen MR) is 80.2 cm³/mol. The molecule has 0 fully saturated rings. The standard InChI is InChI=1S/C15H31N3/c1-2-3-4-5-6-7-8-9-10-11-12-16-15-17-13-14-18-15/h2-14H2,1H3,(H2,16,17,18). The molecule has 0 bridgehead atoms. The molecule has 2 N–H and O–H groups in total. The van der Waals surface area contributed by atoms with Gasteiger partial charge in [-0.1, -0.05) is 64.7 Å². The largest absolute Gasteiger partial charge is 0.356 e. The van der Waals surface area contributed by atoms with Crippen LogP contribution < -0.4 is 10.6 Å². The second kappa shape index (κ2) is 11.4. The minimum Gasteiger partial charge on any atom is -0.356 e. The van der Waals surface area contributed by atoms with Crippen LogP contribution in [0.25, 0.3) is 0 Å². The van der Waals surface area contributed by atoms with Gasteiger partial charge in [-0.2, -0.15) is 0 Å². The lowest BCUT2D eigenvalue weighted by atomic mass is 10.1. The van der Waals surface area contributed by atoms with Crippen LogP contribution in [0.15, 0.2) is 4.99 Å². The summed E-state index contributed by atoms with van der Waals surface area (Å²) in [6.45, 7) is 5.28. The zero-order chi connectivity index (χ0) is 12.9. The molecular formula is C15H31N3. The van der Waals surface area contributed by atoms with Crippen molar-refractivity contribution < 1.29 is 0 Å². The molecule has 0 spiro atoms. The first kappa shape index (κ1) is 15.3. The molecule has 106 valence electrons. The van der Waals surface area contributed by atoms with Crippen molar-refractivity contribution in [2.24, 2.45) is 4.99 Å². The van der Waals surface area contributed by atoms with E-state index in [2.05, 4.69) is 22.5 Å². The second-order valence-electron chi connectivity index (χ2n) is 5.27. The van der Waals surface area contributed by atoms with Gasteiger partial charge in [-0.05, 0) is 6.42 Å². The van der Waals surface area contributed by atoms with Gasteiger partial charge in [0.1, 0.15) is 0 Å². The summed E-state index contributed by atoms with van der Waals surface area (Å²) in [7, 11) is 0. The molecule has 3 heteroatoms. The van der Waals surface area contributed by atoms with E-state index in [0.717, 1.165) is 25.6 Å². The molecule has 0 aromatic rings. The molecule has 0 radical (unpaired) electrons. The van der Waals surface area contributed by atoms with E-state index in [4.69, 9.17) is 0 Å². The Labute approximate surface area is 113 Å². The molecule has 0 saturated carbocycles. The lowest BCUT2D eigenvalue weighted by Crippen LogP contribution is -2.34. The van der Waals surface area contributed by atoms with Gasteiger partial charge in [0.05, 0.1) is 6.54 Å². The van der Waals surface area contributed by atoms with E-state index in [-0.39, 0.29) is 0 Å². The lowest BCUT2D eigenvalue weighted by Gasteiger charge is -2.06. The molecule has 1 aliphatic rings. The molecule has 0 unspecified atom stereocenters. The van der Waals surface area contributed by atoms with Crippen molar-refractivity contribution >= 4 is 5.96 Å². The van der Waals surface area contributed by atoms with E-state index in [0.29, 0.717) is 0 Å². The normalized spacial score (nSPS) is 14.4. The third-order valence-corrected chi connectivity index (χ3v) is 3.50. The Balaban J connectivity index is 1.71. The molecule has 0 atom stereocenters. The fourth-order valence-corrected chi connectivity index (χ4v) is 2.34. The highest BCUT2D eigenvalue weighted by Crippen LogP contribution is 2.10. The fourth-order valence-electron chi connectivity index (χ4n) is 2.34. The van der Waals surface area contributed by atoms with Crippen molar-refractivity contribution in [3.8, 4) is 0 Å². The number of guanidine groups is 1. The van der Waals surface area contributed by atoms with Gasteiger partial charge in [0.15, 0.2) is 5.96 Å². The number of nitrogens with one attached hydrogen (secondary N) is 2. The smallest absolute Gasteiger partial charge is 0.191 e. The lowest BCUT2D eigenvalue weighted by molar-refractivity contribution is 0.554. The topological polar surface area (TPSA) is 36.4 Å².